The molecule has 2 N–H and O–H groups in total. The van der Waals surface area contributed by atoms with E-state index in [2.05, 4.69) is 10.0 Å². The molecular formula is C20H16ClN3O7S2. The minimum absolute atomic E-state index is 0.0413. The Labute approximate surface area is 197 Å². The molecule has 1 heterocycles. The summed E-state index contributed by atoms with van der Waals surface area (Å²) in [5, 5.41) is 13.3. The van der Waals surface area contributed by atoms with Crippen molar-refractivity contribution in [3.05, 3.63) is 80.7 Å². The summed E-state index contributed by atoms with van der Waals surface area (Å²) in [6.45, 7) is 1.31. The highest BCUT2D eigenvalue weighted by Crippen LogP contribution is 2.28. The molecule has 0 aliphatic carbocycles. The highest BCUT2D eigenvalue weighted by atomic mass is 35.5. The van der Waals surface area contributed by atoms with Gasteiger partial charge in [-0.25, -0.2) is 13.2 Å². The zero-order valence-corrected chi connectivity index (χ0v) is 19.2. The van der Waals surface area contributed by atoms with Crippen LogP contribution in [0.1, 0.15) is 17.3 Å². The number of nitro benzene ring substituents is 1. The van der Waals surface area contributed by atoms with Gasteiger partial charge in [-0.05, 0) is 37.3 Å². The smallest absolute Gasteiger partial charge is 0.341 e. The van der Waals surface area contributed by atoms with E-state index in [4.69, 9.17) is 16.3 Å². The van der Waals surface area contributed by atoms with E-state index < -0.39 is 32.9 Å². The monoisotopic (exact) mass is 509 g/mol. The number of esters is 1. The first kappa shape index (κ1) is 24.2. The number of rotatable bonds is 8. The molecule has 3 rings (SSSR count). The van der Waals surface area contributed by atoms with Gasteiger partial charge >= 0.3 is 5.97 Å². The van der Waals surface area contributed by atoms with Crippen LogP contribution in [-0.4, -0.2) is 31.3 Å². The maximum atomic E-state index is 12.7. The first-order chi connectivity index (χ1) is 15.6. The summed E-state index contributed by atoms with van der Waals surface area (Å²) in [5.41, 5.74) is -0.220. The molecule has 33 heavy (non-hydrogen) atoms. The fraction of sp³-hybridized carbons (Fsp3) is 0.100. The Morgan fingerprint density at radius 3 is 2.52 bits per heavy atom. The number of nitro groups is 1. The number of anilines is 2. The molecule has 172 valence electrons. The Morgan fingerprint density at radius 2 is 1.85 bits per heavy atom. The summed E-state index contributed by atoms with van der Waals surface area (Å²) in [5.74, 6) is -1.67. The van der Waals surface area contributed by atoms with Crippen molar-refractivity contribution in [3.63, 3.8) is 0 Å². The van der Waals surface area contributed by atoms with Gasteiger partial charge in [0.1, 0.15) is 4.21 Å². The Kier molecular flexibility index (Phi) is 7.31. The molecule has 1 amide bonds. The van der Waals surface area contributed by atoms with Crippen LogP contribution in [0.15, 0.2) is 64.9 Å². The fourth-order valence-corrected chi connectivity index (χ4v) is 5.17. The third kappa shape index (κ3) is 6.06. The van der Waals surface area contributed by atoms with Gasteiger partial charge in [-0.3, -0.25) is 19.6 Å². The fourth-order valence-electron chi connectivity index (χ4n) is 2.61. The Balaban J connectivity index is 1.72. The van der Waals surface area contributed by atoms with Crippen LogP contribution in [0.4, 0.5) is 17.1 Å². The predicted molar refractivity (Wildman–Crippen MR) is 123 cm³/mol. The topological polar surface area (TPSA) is 145 Å². The van der Waals surface area contributed by atoms with Gasteiger partial charge in [0.05, 0.1) is 20.5 Å². The van der Waals surface area contributed by atoms with Crippen molar-refractivity contribution in [1.29, 1.82) is 0 Å². The molecule has 0 saturated carbocycles. The number of nitrogens with one attached hydrogen (secondary N) is 2. The van der Waals surface area contributed by atoms with Crippen LogP contribution < -0.4 is 10.0 Å². The first-order valence-corrected chi connectivity index (χ1v) is 11.9. The summed E-state index contributed by atoms with van der Waals surface area (Å²) in [7, 11) is -4.00. The number of hydrogen-bond acceptors (Lipinski definition) is 8. The lowest BCUT2D eigenvalue weighted by atomic mass is 10.2. The lowest BCUT2D eigenvalue weighted by Gasteiger charge is -2.15. The van der Waals surface area contributed by atoms with Crippen molar-refractivity contribution in [2.45, 2.75) is 17.2 Å². The number of halogens is 1. The van der Waals surface area contributed by atoms with E-state index in [1.54, 1.807) is 0 Å². The molecule has 10 nitrogen and oxygen atoms in total. The molecule has 1 atom stereocenters. The average Bonchev–Trinajstić information content (AvgIpc) is 3.21. The van der Waals surface area contributed by atoms with E-state index in [1.807, 2.05) is 0 Å². The van der Waals surface area contributed by atoms with Crippen LogP contribution in [0.2, 0.25) is 4.34 Å². The number of carbonyl (C=O) groups excluding carboxylic acids is 2. The molecule has 0 radical (unpaired) electrons. The second kappa shape index (κ2) is 9.98. The highest BCUT2D eigenvalue weighted by Gasteiger charge is 2.24. The molecule has 0 aliphatic rings. The number of sulfonamides is 1. The third-order valence-electron chi connectivity index (χ3n) is 4.18. The van der Waals surface area contributed by atoms with E-state index in [9.17, 15) is 28.1 Å². The second-order valence-electron chi connectivity index (χ2n) is 6.55. The van der Waals surface area contributed by atoms with Gasteiger partial charge in [-0.15, -0.1) is 11.3 Å². The lowest BCUT2D eigenvalue weighted by Crippen LogP contribution is -2.30. The second-order valence-corrected chi connectivity index (χ2v) is 10.2. The van der Waals surface area contributed by atoms with Crippen molar-refractivity contribution >= 4 is 61.9 Å². The molecule has 1 unspecified atom stereocenters. The van der Waals surface area contributed by atoms with E-state index in [0.29, 0.717) is 0 Å². The van der Waals surface area contributed by atoms with Gasteiger partial charge in [0.25, 0.3) is 21.6 Å². The van der Waals surface area contributed by atoms with Gasteiger partial charge in [-0.2, -0.15) is 0 Å². The average molecular weight is 510 g/mol. The molecule has 2 aromatic carbocycles. The van der Waals surface area contributed by atoms with E-state index in [1.165, 1.54) is 61.5 Å². The van der Waals surface area contributed by atoms with Gasteiger partial charge in [0.2, 0.25) is 0 Å². The number of amides is 1. The number of nitrogens with zero attached hydrogens (tertiary/aromatic N) is 1. The number of benzene rings is 2. The molecule has 3 aromatic rings. The van der Waals surface area contributed by atoms with Crippen molar-refractivity contribution in [3.8, 4) is 0 Å². The zero-order chi connectivity index (χ0) is 24.2. The predicted octanol–water partition coefficient (Wildman–Crippen LogP) is 4.29. The Bertz CT molecular complexity index is 1320. The molecule has 0 fully saturated rings. The van der Waals surface area contributed by atoms with Crippen LogP contribution in [-0.2, 0) is 19.6 Å². The largest absolute Gasteiger partial charge is 0.449 e. The summed E-state index contributed by atoms with van der Waals surface area (Å²) in [4.78, 5) is 35.3. The summed E-state index contributed by atoms with van der Waals surface area (Å²) >= 11 is 6.65. The molecule has 0 saturated heterocycles. The highest BCUT2D eigenvalue weighted by molar-refractivity contribution is 7.94. The van der Waals surface area contributed by atoms with E-state index in [-0.39, 0.29) is 31.2 Å². The maximum absolute atomic E-state index is 12.7. The van der Waals surface area contributed by atoms with Crippen LogP contribution >= 0.6 is 22.9 Å². The van der Waals surface area contributed by atoms with Crippen LogP contribution in [0.25, 0.3) is 0 Å². The summed E-state index contributed by atoms with van der Waals surface area (Å²) < 4.78 is 32.9. The lowest BCUT2D eigenvalue weighted by molar-refractivity contribution is -0.384. The maximum Gasteiger partial charge on any atom is 0.341 e. The molecule has 0 aliphatic heterocycles. The third-order valence-corrected chi connectivity index (χ3v) is 7.27. The van der Waals surface area contributed by atoms with Crippen molar-refractivity contribution in [2.75, 3.05) is 10.0 Å². The van der Waals surface area contributed by atoms with E-state index in [0.717, 1.165) is 17.4 Å². The minimum atomic E-state index is -4.00. The molecule has 0 bridgehead atoms. The number of ether oxygens (including phenoxy) is 1. The number of carbonyl (C=O) groups is 2. The Morgan fingerprint density at radius 1 is 1.12 bits per heavy atom. The first-order valence-electron chi connectivity index (χ1n) is 9.20. The van der Waals surface area contributed by atoms with Crippen molar-refractivity contribution in [2.24, 2.45) is 0 Å². The summed E-state index contributed by atoms with van der Waals surface area (Å²) in [6, 6.07) is 13.8. The van der Waals surface area contributed by atoms with Crippen LogP contribution in [0.3, 0.4) is 0 Å². The van der Waals surface area contributed by atoms with Crippen molar-refractivity contribution < 1.29 is 27.7 Å². The standard InChI is InChI=1S/C20H16ClN3O7S2/c1-12(19(25)22-13-5-4-6-14(11-13)24(27)28)31-20(26)15-7-2-3-8-16(15)23-33(29,30)18-10-9-17(21)32-18/h2-12,23H,1H3,(H,22,25). The van der Waals surface area contributed by atoms with Gasteiger partial charge < -0.3 is 10.1 Å². The minimum Gasteiger partial charge on any atom is -0.449 e. The quantitative estimate of drug-likeness (QED) is 0.261. The van der Waals surface area contributed by atoms with Crippen molar-refractivity contribution in [1.82, 2.24) is 0 Å². The number of hydrogen-bond donors (Lipinski definition) is 2. The van der Waals surface area contributed by atoms with Gasteiger partial charge in [0.15, 0.2) is 6.10 Å². The number of para-hydroxylation sites is 1. The van der Waals surface area contributed by atoms with Crippen LogP contribution in [0, 0.1) is 10.1 Å². The Hall–Kier alpha value is -3.48. The molecule has 1 aromatic heterocycles. The van der Waals surface area contributed by atoms with E-state index >= 15 is 0 Å². The molecule has 0 spiro atoms. The SMILES string of the molecule is CC(OC(=O)c1ccccc1NS(=O)(=O)c1ccc(Cl)s1)C(=O)Nc1cccc([N+](=O)[O-])c1. The summed E-state index contributed by atoms with van der Waals surface area (Å²) in [6.07, 6.45) is -1.28. The number of non-ortho nitro benzene ring substituents is 1. The van der Waals surface area contributed by atoms with Crippen LogP contribution in [0.5, 0.6) is 0 Å². The zero-order valence-electron chi connectivity index (χ0n) is 16.9. The normalized spacial score (nSPS) is 11.9. The number of thiophene rings is 1. The van der Waals surface area contributed by atoms with Gasteiger partial charge in [-0.1, -0.05) is 29.8 Å². The molecule has 13 heteroatoms. The molecular weight excluding hydrogens is 494 g/mol. The van der Waals surface area contributed by atoms with Gasteiger partial charge in [0, 0.05) is 17.8 Å².